The first kappa shape index (κ1) is 17.9. The molecule has 0 saturated carbocycles. The van der Waals surface area contributed by atoms with Crippen molar-refractivity contribution in [3.63, 3.8) is 0 Å². The topological polar surface area (TPSA) is 47.7 Å². The maximum Gasteiger partial charge on any atom is 0.146 e. The van der Waals surface area contributed by atoms with E-state index in [4.69, 9.17) is 15.2 Å². The van der Waals surface area contributed by atoms with E-state index in [9.17, 15) is 4.39 Å². The molecular weight excluding hydrogens is 271 g/mol. The van der Waals surface area contributed by atoms with Crippen LogP contribution in [0.15, 0.2) is 18.2 Å². The van der Waals surface area contributed by atoms with E-state index in [2.05, 4.69) is 0 Å². The molecule has 0 aliphatic carbocycles. The second kappa shape index (κ2) is 8.97. The van der Waals surface area contributed by atoms with Gasteiger partial charge in [-0.2, -0.15) is 0 Å². The van der Waals surface area contributed by atoms with Gasteiger partial charge in [0.25, 0.3) is 0 Å². The average Bonchev–Trinajstić information content (AvgIpc) is 2.40. The van der Waals surface area contributed by atoms with E-state index >= 15 is 0 Å². The standard InChI is InChI=1S/C16H27FN2O2/c1-12(18)9-14-5-6-16(15(17)10-14)19(7-8-20-3)13(2)11-21-4/h5-6,10,12-13H,7-9,11,18H2,1-4H3. The SMILES string of the molecule is COCCN(c1ccc(CC(C)N)cc1F)C(C)COC. The number of rotatable bonds is 9. The smallest absolute Gasteiger partial charge is 0.146 e. The number of halogens is 1. The molecule has 0 aliphatic rings. The fourth-order valence-electron chi connectivity index (χ4n) is 2.38. The highest BCUT2D eigenvalue weighted by molar-refractivity contribution is 5.50. The highest BCUT2D eigenvalue weighted by Crippen LogP contribution is 2.23. The quantitative estimate of drug-likeness (QED) is 0.759. The van der Waals surface area contributed by atoms with E-state index in [0.29, 0.717) is 31.9 Å². The molecule has 1 rings (SSSR count). The Bertz CT molecular complexity index is 427. The summed E-state index contributed by atoms with van der Waals surface area (Å²) in [6.45, 7) is 5.61. The van der Waals surface area contributed by atoms with Gasteiger partial charge < -0.3 is 20.1 Å². The van der Waals surface area contributed by atoms with Crippen LogP contribution in [-0.2, 0) is 15.9 Å². The first-order valence-electron chi connectivity index (χ1n) is 7.28. The van der Waals surface area contributed by atoms with E-state index in [-0.39, 0.29) is 17.9 Å². The van der Waals surface area contributed by atoms with Gasteiger partial charge in [0, 0.05) is 32.8 Å². The monoisotopic (exact) mass is 298 g/mol. The summed E-state index contributed by atoms with van der Waals surface area (Å²) in [5, 5.41) is 0. The van der Waals surface area contributed by atoms with Crippen LogP contribution in [0.25, 0.3) is 0 Å². The summed E-state index contributed by atoms with van der Waals surface area (Å²) < 4.78 is 24.7. The minimum absolute atomic E-state index is 0.0206. The minimum atomic E-state index is -0.229. The summed E-state index contributed by atoms with van der Waals surface area (Å²) in [6.07, 6.45) is 0.670. The number of hydrogen-bond acceptors (Lipinski definition) is 4. The van der Waals surface area contributed by atoms with Crippen LogP contribution in [0.1, 0.15) is 19.4 Å². The van der Waals surface area contributed by atoms with Crippen molar-refractivity contribution < 1.29 is 13.9 Å². The van der Waals surface area contributed by atoms with Crippen LogP contribution < -0.4 is 10.6 Å². The van der Waals surface area contributed by atoms with Gasteiger partial charge in [0.05, 0.1) is 18.9 Å². The predicted octanol–water partition coefficient (Wildman–Crippen LogP) is 2.20. The Hall–Kier alpha value is -1.17. The third-order valence-electron chi connectivity index (χ3n) is 3.36. The Morgan fingerprint density at radius 3 is 2.48 bits per heavy atom. The number of methoxy groups -OCH3 is 2. The van der Waals surface area contributed by atoms with E-state index < -0.39 is 0 Å². The molecular formula is C16H27FN2O2. The summed E-state index contributed by atoms with van der Waals surface area (Å²) >= 11 is 0. The number of benzene rings is 1. The molecule has 1 aromatic carbocycles. The van der Waals surface area contributed by atoms with E-state index in [1.54, 1.807) is 20.3 Å². The lowest BCUT2D eigenvalue weighted by atomic mass is 10.1. The second-order valence-electron chi connectivity index (χ2n) is 5.46. The van der Waals surface area contributed by atoms with Crippen LogP contribution in [-0.4, -0.2) is 46.1 Å². The molecule has 0 bridgehead atoms. The van der Waals surface area contributed by atoms with Crippen LogP contribution >= 0.6 is 0 Å². The van der Waals surface area contributed by atoms with Gasteiger partial charge in [0.2, 0.25) is 0 Å². The summed E-state index contributed by atoms with van der Waals surface area (Å²) in [7, 11) is 3.29. The molecule has 120 valence electrons. The molecule has 21 heavy (non-hydrogen) atoms. The molecule has 5 heteroatoms. The van der Waals surface area contributed by atoms with Crippen LogP contribution in [0.3, 0.4) is 0 Å². The largest absolute Gasteiger partial charge is 0.383 e. The molecule has 0 spiro atoms. The molecule has 0 aliphatic heterocycles. The first-order chi connectivity index (χ1) is 9.99. The molecule has 0 amide bonds. The number of hydrogen-bond donors (Lipinski definition) is 1. The lowest BCUT2D eigenvalue weighted by Gasteiger charge is -2.31. The number of ether oxygens (including phenoxy) is 2. The van der Waals surface area contributed by atoms with E-state index in [1.807, 2.05) is 30.9 Å². The Morgan fingerprint density at radius 2 is 1.95 bits per heavy atom. The Labute approximate surface area is 127 Å². The van der Waals surface area contributed by atoms with Crippen molar-refractivity contribution in [2.45, 2.75) is 32.4 Å². The van der Waals surface area contributed by atoms with Gasteiger partial charge in [-0.25, -0.2) is 4.39 Å². The van der Waals surface area contributed by atoms with E-state index in [0.717, 1.165) is 5.56 Å². The van der Waals surface area contributed by atoms with Gasteiger partial charge in [-0.1, -0.05) is 6.07 Å². The van der Waals surface area contributed by atoms with Crippen LogP contribution in [0, 0.1) is 5.82 Å². The Kier molecular flexibility index (Phi) is 7.64. The van der Waals surface area contributed by atoms with Crippen LogP contribution in [0.2, 0.25) is 0 Å². The van der Waals surface area contributed by atoms with E-state index in [1.165, 1.54) is 0 Å². The molecule has 2 N–H and O–H groups in total. The van der Waals surface area contributed by atoms with Crippen molar-refractivity contribution in [1.82, 2.24) is 0 Å². The zero-order valence-electron chi connectivity index (χ0n) is 13.4. The molecule has 4 nitrogen and oxygen atoms in total. The first-order valence-corrected chi connectivity index (χ1v) is 7.28. The highest BCUT2D eigenvalue weighted by atomic mass is 19.1. The summed E-state index contributed by atoms with van der Waals surface area (Å²) in [6, 6.07) is 5.40. The fraction of sp³-hybridized carbons (Fsp3) is 0.625. The van der Waals surface area contributed by atoms with Gasteiger partial charge in [0.1, 0.15) is 5.82 Å². The minimum Gasteiger partial charge on any atom is -0.383 e. The van der Waals surface area contributed by atoms with Crippen molar-refractivity contribution in [3.05, 3.63) is 29.6 Å². The number of nitrogens with two attached hydrogens (primary N) is 1. The third-order valence-corrected chi connectivity index (χ3v) is 3.36. The molecule has 0 heterocycles. The van der Waals surface area contributed by atoms with Gasteiger partial charge in [-0.05, 0) is 38.0 Å². The fourth-order valence-corrected chi connectivity index (χ4v) is 2.38. The molecule has 0 fully saturated rings. The molecule has 2 unspecified atom stereocenters. The maximum atomic E-state index is 14.4. The van der Waals surface area contributed by atoms with Gasteiger partial charge >= 0.3 is 0 Å². The van der Waals surface area contributed by atoms with Crippen molar-refractivity contribution in [3.8, 4) is 0 Å². The lowest BCUT2D eigenvalue weighted by Crippen LogP contribution is -2.39. The van der Waals surface area contributed by atoms with Crippen LogP contribution in [0.4, 0.5) is 10.1 Å². The Morgan fingerprint density at radius 1 is 1.24 bits per heavy atom. The van der Waals surface area contributed by atoms with Crippen molar-refractivity contribution in [2.24, 2.45) is 5.73 Å². The average molecular weight is 298 g/mol. The summed E-state index contributed by atoms with van der Waals surface area (Å²) in [5.74, 6) is -0.229. The molecule has 0 aromatic heterocycles. The second-order valence-corrected chi connectivity index (χ2v) is 5.46. The van der Waals surface area contributed by atoms with Crippen LogP contribution in [0.5, 0.6) is 0 Å². The van der Waals surface area contributed by atoms with Crippen molar-refractivity contribution >= 4 is 5.69 Å². The zero-order chi connectivity index (χ0) is 15.8. The number of anilines is 1. The summed E-state index contributed by atoms with van der Waals surface area (Å²) in [4.78, 5) is 1.97. The molecule has 2 atom stereocenters. The maximum absolute atomic E-state index is 14.4. The van der Waals surface area contributed by atoms with Crippen molar-refractivity contribution in [2.75, 3.05) is 38.9 Å². The molecule has 0 radical (unpaired) electrons. The molecule has 0 saturated heterocycles. The van der Waals surface area contributed by atoms with Crippen molar-refractivity contribution in [1.29, 1.82) is 0 Å². The Balaban J connectivity index is 2.95. The normalized spacial score (nSPS) is 14.0. The lowest BCUT2D eigenvalue weighted by molar-refractivity contribution is 0.170. The highest BCUT2D eigenvalue weighted by Gasteiger charge is 2.18. The van der Waals surface area contributed by atoms with Gasteiger partial charge in [0.15, 0.2) is 0 Å². The number of nitrogens with zero attached hydrogens (tertiary/aromatic N) is 1. The summed E-state index contributed by atoms with van der Waals surface area (Å²) in [5.41, 5.74) is 7.25. The molecule has 1 aromatic rings. The van der Waals surface area contributed by atoms with Gasteiger partial charge in [-0.15, -0.1) is 0 Å². The zero-order valence-corrected chi connectivity index (χ0v) is 13.4. The predicted molar refractivity (Wildman–Crippen MR) is 84.3 cm³/mol. The van der Waals surface area contributed by atoms with Gasteiger partial charge in [-0.3, -0.25) is 0 Å². The third kappa shape index (κ3) is 5.61.